The molecule has 2 aromatic heterocycles. The zero-order valence-corrected chi connectivity index (χ0v) is 11.9. The minimum atomic E-state index is 0.487. The summed E-state index contributed by atoms with van der Waals surface area (Å²) in [6, 6.07) is 8.13. The van der Waals surface area contributed by atoms with Crippen molar-refractivity contribution in [3.05, 3.63) is 40.5 Å². The van der Waals surface area contributed by atoms with Gasteiger partial charge in [0.15, 0.2) is 0 Å². The molecule has 0 unspecified atom stereocenters. The van der Waals surface area contributed by atoms with Gasteiger partial charge in [-0.2, -0.15) is 4.98 Å². The van der Waals surface area contributed by atoms with Gasteiger partial charge in [-0.1, -0.05) is 23.4 Å². The number of aryl methyl sites for hydroxylation is 1. The second-order valence-electron chi connectivity index (χ2n) is 5.06. The van der Waals surface area contributed by atoms with Gasteiger partial charge in [0, 0.05) is 22.4 Å². The van der Waals surface area contributed by atoms with E-state index in [2.05, 4.69) is 32.6 Å². The Morgan fingerprint density at radius 2 is 2.05 bits per heavy atom. The Labute approximate surface area is 120 Å². The second-order valence-corrected chi connectivity index (χ2v) is 6.13. The number of hydrogen-bond acceptors (Lipinski definition) is 5. The van der Waals surface area contributed by atoms with Crippen LogP contribution in [0.25, 0.3) is 22.6 Å². The van der Waals surface area contributed by atoms with Gasteiger partial charge in [0.25, 0.3) is 0 Å². The fraction of sp³-hybridized carbons (Fsp3) is 0.267. The molecule has 4 rings (SSSR count). The van der Waals surface area contributed by atoms with Crippen LogP contribution in [0, 0.1) is 6.92 Å². The molecule has 1 saturated carbocycles. The van der Waals surface area contributed by atoms with Gasteiger partial charge in [-0.05, 0) is 25.8 Å². The average molecular weight is 283 g/mol. The van der Waals surface area contributed by atoms with Gasteiger partial charge in [-0.3, -0.25) is 0 Å². The summed E-state index contributed by atoms with van der Waals surface area (Å²) >= 11 is 1.66. The molecule has 0 aliphatic heterocycles. The van der Waals surface area contributed by atoms with Gasteiger partial charge in [-0.25, -0.2) is 4.98 Å². The summed E-state index contributed by atoms with van der Waals surface area (Å²) < 4.78 is 5.32. The number of hydrogen-bond donors (Lipinski definition) is 0. The van der Waals surface area contributed by atoms with Crippen molar-refractivity contribution in [2.45, 2.75) is 25.7 Å². The van der Waals surface area contributed by atoms with E-state index in [-0.39, 0.29) is 0 Å². The van der Waals surface area contributed by atoms with Crippen molar-refractivity contribution >= 4 is 11.3 Å². The fourth-order valence-electron chi connectivity index (χ4n) is 2.16. The largest absolute Gasteiger partial charge is 0.339 e. The van der Waals surface area contributed by atoms with E-state index in [0.717, 1.165) is 27.7 Å². The topological polar surface area (TPSA) is 51.8 Å². The summed E-state index contributed by atoms with van der Waals surface area (Å²) in [6.45, 7) is 2.01. The van der Waals surface area contributed by atoms with Gasteiger partial charge < -0.3 is 4.52 Å². The van der Waals surface area contributed by atoms with E-state index in [9.17, 15) is 0 Å². The van der Waals surface area contributed by atoms with Crippen molar-refractivity contribution in [3.8, 4) is 22.6 Å². The van der Waals surface area contributed by atoms with Crippen LogP contribution in [0.3, 0.4) is 0 Å². The maximum atomic E-state index is 5.32. The molecule has 100 valence electrons. The predicted molar refractivity (Wildman–Crippen MR) is 77.6 cm³/mol. The van der Waals surface area contributed by atoms with Crippen molar-refractivity contribution in [1.82, 2.24) is 15.1 Å². The zero-order chi connectivity index (χ0) is 13.5. The third-order valence-electron chi connectivity index (χ3n) is 3.40. The van der Waals surface area contributed by atoms with Crippen LogP contribution in [-0.4, -0.2) is 15.1 Å². The van der Waals surface area contributed by atoms with Crippen molar-refractivity contribution in [3.63, 3.8) is 0 Å². The van der Waals surface area contributed by atoms with E-state index in [0.29, 0.717) is 11.7 Å². The Hall–Kier alpha value is -2.01. The molecule has 1 fully saturated rings. The normalized spacial score (nSPS) is 14.7. The van der Waals surface area contributed by atoms with Crippen LogP contribution >= 0.6 is 11.3 Å². The first kappa shape index (κ1) is 11.8. The van der Waals surface area contributed by atoms with Crippen LogP contribution in [0.5, 0.6) is 0 Å². The molecule has 0 N–H and O–H groups in total. The lowest BCUT2D eigenvalue weighted by Gasteiger charge is -1.99. The SMILES string of the molecule is Cc1nc(-c2cccc(-c3noc(C4CC4)n3)c2)cs1. The Morgan fingerprint density at radius 3 is 2.80 bits per heavy atom. The third-order valence-corrected chi connectivity index (χ3v) is 4.18. The molecule has 1 aliphatic rings. The van der Waals surface area contributed by atoms with E-state index in [4.69, 9.17) is 4.52 Å². The summed E-state index contributed by atoms with van der Waals surface area (Å²) in [4.78, 5) is 9.00. The van der Waals surface area contributed by atoms with Gasteiger partial charge in [0.2, 0.25) is 11.7 Å². The molecule has 0 saturated heterocycles. The van der Waals surface area contributed by atoms with Crippen LogP contribution in [0.4, 0.5) is 0 Å². The standard InChI is InChI=1S/C15H13N3OS/c1-9-16-13(8-20-9)11-3-2-4-12(7-11)14-17-15(19-18-14)10-5-6-10/h2-4,7-8,10H,5-6H2,1H3. The van der Waals surface area contributed by atoms with Gasteiger partial charge in [-0.15, -0.1) is 11.3 Å². The van der Waals surface area contributed by atoms with Crippen LogP contribution in [0.15, 0.2) is 34.2 Å². The molecule has 1 aromatic carbocycles. The molecule has 1 aliphatic carbocycles. The highest BCUT2D eigenvalue weighted by molar-refractivity contribution is 7.09. The van der Waals surface area contributed by atoms with Crippen molar-refractivity contribution < 1.29 is 4.52 Å². The van der Waals surface area contributed by atoms with Crippen LogP contribution in [-0.2, 0) is 0 Å². The second kappa shape index (κ2) is 4.52. The lowest BCUT2D eigenvalue weighted by molar-refractivity contribution is 0.380. The predicted octanol–water partition coefficient (Wildman–Crippen LogP) is 4.05. The summed E-state index contributed by atoms with van der Waals surface area (Å²) in [5, 5.41) is 7.22. The molecular weight excluding hydrogens is 270 g/mol. The highest BCUT2D eigenvalue weighted by Crippen LogP contribution is 2.39. The van der Waals surface area contributed by atoms with Crippen molar-refractivity contribution in [2.75, 3.05) is 0 Å². The van der Waals surface area contributed by atoms with E-state index >= 15 is 0 Å². The van der Waals surface area contributed by atoms with Gasteiger partial charge >= 0.3 is 0 Å². The van der Waals surface area contributed by atoms with E-state index in [1.165, 1.54) is 12.8 Å². The molecule has 2 heterocycles. The summed E-state index contributed by atoms with van der Waals surface area (Å²) in [7, 11) is 0. The average Bonchev–Trinajstić information content (AvgIpc) is 3.04. The summed E-state index contributed by atoms with van der Waals surface area (Å²) in [6.07, 6.45) is 2.33. The van der Waals surface area contributed by atoms with E-state index in [1.807, 2.05) is 19.1 Å². The molecule has 0 spiro atoms. The molecule has 0 radical (unpaired) electrons. The van der Waals surface area contributed by atoms with Crippen LogP contribution in [0.1, 0.15) is 29.7 Å². The van der Waals surface area contributed by atoms with Crippen molar-refractivity contribution in [1.29, 1.82) is 0 Å². The molecule has 20 heavy (non-hydrogen) atoms. The van der Waals surface area contributed by atoms with Crippen molar-refractivity contribution in [2.24, 2.45) is 0 Å². The molecule has 5 heteroatoms. The maximum Gasteiger partial charge on any atom is 0.230 e. The first-order valence-electron chi connectivity index (χ1n) is 6.66. The number of nitrogens with zero attached hydrogens (tertiary/aromatic N) is 3. The summed E-state index contributed by atoms with van der Waals surface area (Å²) in [5.41, 5.74) is 3.06. The molecule has 0 bridgehead atoms. The number of aromatic nitrogens is 3. The van der Waals surface area contributed by atoms with Crippen LogP contribution in [0.2, 0.25) is 0 Å². The minimum Gasteiger partial charge on any atom is -0.339 e. The monoisotopic (exact) mass is 283 g/mol. The highest BCUT2D eigenvalue weighted by Gasteiger charge is 2.29. The first-order chi connectivity index (χ1) is 9.79. The van der Waals surface area contributed by atoms with Gasteiger partial charge in [0.1, 0.15) is 0 Å². The molecular formula is C15H13N3OS. The number of rotatable bonds is 3. The Bertz CT molecular complexity index is 758. The van der Waals surface area contributed by atoms with Gasteiger partial charge in [0.05, 0.1) is 10.7 Å². The maximum absolute atomic E-state index is 5.32. The first-order valence-corrected chi connectivity index (χ1v) is 7.54. The zero-order valence-electron chi connectivity index (χ0n) is 11.0. The Balaban J connectivity index is 1.70. The minimum absolute atomic E-state index is 0.487. The molecule has 0 atom stereocenters. The number of thiazole rings is 1. The lowest BCUT2D eigenvalue weighted by Crippen LogP contribution is -1.84. The lowest BCUT2D eigenvalue weighted by atomic mass is 10.1. The Morgan fingerprint density at radius 1 is 1.20 bits per heavy atom. The highest BCUT2D eigenvalue weighted by atomic mass is 32.1. The fourth-order valence-corrected chi connectivity index (χ4v) is 2.78. The molecule has 3 aromatic rings. The van der Waals surface area contributed by atoms with E-state index in [1.54, 1.807) is 11.3 Å². The molecule has 4 nitrogen and oxygen atoms in total. The molecule has 0 amide bonds. The van der Waals surface area contributed by atoms with E-state index < -0.39 is 0 Å². The van der Waals surface area contributed by atoms with Crippen LogP contribution < -0.4 is 0 Å². The quantitative estimate of drug-likeness (QED) is 0.727. The number of benzene rings is 1. The smallest absolute Gasteiger partial charge is 0.230 e. The third kappa shape index (κ3) is 2.14. The summed E-state index contributed by atoms with van der Waals surface area (Å²) in [5.74, 6) is 1.93. The Kier molecular flexibility index (Phi) is 2.67.